The zero-order valence-corrected chi connectivity index (χ0v) is 62.2. The highest BCUT2D eigenvalue weighted by Crippen LogP contribution is 2.36. The van der Waals surface area contributed by atoms with Gasteiger partial charge < -0.3 is 88.1 Å². The zero-order valence-electron chi connectivity index (χ0n) is 62.2. The predicted octanol–water partition coefficient (Wildman–Crippen LogP) is 11.6. The number of aliphatic hydroxyl groups is 1. The first-order valence-electron chi connectivity index (χ1n) is 36.0. The third kappa shape index (κ3) is 22.0. The maximum atomic E-state index is 12.7. The number of alkyl halides is 4. The first-order valence-corrected chi connectivity index (χ1v) is 36.0. The number of morpholine rings is 1. The van der Waals surface area contributed by atoms with E-state index in [1.807, 2.05) is 72.8 Å². The lowest BCUT2D eigenvalue weighted by Crippen LogP contribution is -2.36. The Morgan fingerprint density at radius 2 is 0.912 bits per heavy atom. The number of piperidine rings is 1. The molecule has 592 valence electrons. The lowest BCUT2D eigenvalue weighted by molar-refractivity contribution is -0.0524. The number of pyridine rings is 2. The molecule has 13 aromatic rings. The number of hydrogen-bond donors (Lipinski definition) is 10. The Balaban J connectivity index is 0.000000141. The molecule has 0 unspecified atom stereocenters. The van der Waals surface area contributed by atoms with Crippen LogP contribution in [0.2, 0.25) is 0 Å². The van der Waals surface area contributed by atoms with Crippen LogP contribution in [-0.2, 0) is 11.2 Å². The average Bonchev–Trinajstić information content (AvgIpc) is 1.72. The molecule has 2 fully saturated rings. The number of hydrogen-bond acceptors (Lipinski definition) is 31. The Kier molecular flexibility index (Phi) is 26.7. The highest BCUT2D eigenvalue weighted by atomic mass is 19.3. The molecule has 0 aliphatic carbocycles. The molecule has 10 heterocycles. The van der Waals surface area contributed by atoms with E-state index in [4.69, 9.17) is 37.1 Å². The summed E-state index contributed by atoms with van der Waals surface area (Å²) in [6.45, 7) is 6.61. The second-order valence-electron chi connectivity index (χ2n) is 25.4. The lowest BCUT2D eigenvalue weighted by Gasteiger charge is -2.28. The van der Waals surface area contributed by atoms with Crippen LogP contribution in [-0.4, -0.2) is 165 Å². The summed E-state index contributed by atoms with van der Waals surface area (Å²) in [5, 5.41) is 41.9. The fourth-order valence-corrected chi connectivity index (χ4v) is 11.4. The minimum Gasteiger partial charge on any atom is -0.487 e. The Morgan fingerprint density at radius 1 is 0.421 bits per heavy atom. The molecule has 8 aromatic heterocycles. The van der Waals surface area contributed by atoms with Crippen molar-refractivity contribution in [2.45, 2.75) is 78.8 Å². The highest BCUT2D eigenvalue weighted by Gasteiger charge is 2.22. The first-order chi connectivity index (χ1) is 55.3. The second-order valence-corrected chi connectivity index (χ2v) is 25.4. The van der Waals surface area contributed by atoms with E-state index >= 15 is 0 Å². The van der Waals surface area contributed by atoms with Crippen molar-refractivity contribution >= 4 is 93.3 Å². The molecular formula is C75H83F4N29O6. The van der Waals surface area contributed by atoms with Gasteiger partial charge in [-0.15, -0.1) is 20.4 Å². The largest absolute Gasteiger partial charge is 0.487 e. The summed E-state index contributed by atoms with van der Waals surface area (Å²) < 4.78 is 81.9. The van der Waals surface area contributed by atoms with E-state index in [0.717, 1.165) is 67.8 Å². The minimum atomic E-state index is -2.98. The third-order valence-corrected chi connectivity index (χ3v) is 16.4. The summed E-state index contributed by atoms with van der Waals surface area (Å²) in [5.74, 6) is 5.42. The molecule has 2 saturated heterocycles. The molecule has 2 aliphatic rings. The molecule has 0 saturated carbocycles. The maximum Gasteiger partial charge on any atom is 0.387 e. The van der Waals surface area contributed by atoms with Gasteiger partial charge in [0, 0.05) is 104 Å². The van der Waals surface area contributed by atoms with E-state index in [-0.39, 0.29) is 77.5 Å². The first kappa shape index (κ1) is 79.3. The summed E-state index contributed by atoms with van der Waals surface area (Å²) >= 11 is 0. The molecule has 0 spiro atoms. The number of aliphatic hydroxyl groups excluding tert-OH is 1. The fraction of sp³-hybridized carbons (Fsp3) is 0.253. The van der Waals surface area contributed by atoms with Crippen molar-refractivity contribution in [2.75, 3.05) is 105 Å². The molecule has 114 heavy (non-hydrogen) atoms. The van der Waals surface area contributed by atoms with Crippen molar-refractivity contribution in [2.24, 2.45) is 0 Å². The van der Waals surface area contributed by atoms with Gasteiger partial charge in [-0.25, -0.2) is 24.9 Å². The van der Waals surface area contributed by atoms with Crippen molar-refractivity contribution in [1.29, 1.82) is 0 Å². The summed E-state index contributed by atoms with van der Waals surface area (Å²) in [7, 11) is 0. The molecule has 5 aromatic carbocycles. The molecular weight excluding hydrogens is 1480 g/mol. The predicted molar refractivity (Wildman–Crippen MR) is 423 cm³/mol. The van der Waals surface area contributed by atoms with Crippen LogP contribution < -0.4 is 78.3 Å². The molecule has 39 heteroatoms. The highest BCUT2D eigenvalue weighted by molar-refractivity contribution is 5.65. The normalized spacial score (nSPS) is 12.6. The third-order valence-electron chi connectivity index (χ3n) is 16.4. The van der Waals surface area contributed by atoms with Gasteiger partial charge in [-0.3, -0.25) is 0 Å². The van der Waals surface area contributed by atoms with E-state index in [9.17, 15) is 22.7 Å². The van der Waals surface area contributed by atoms with Crippen LogP contribution in [0.25, 0.3) is 23.4 Å². The number of aromatic nitrogens is 18. The Labute approximate surface area is 650 Å². The molecule has 14 N–H and O–H groups in total. The summed E-state index contributed by atoms with van der Waals surface area (Å²) in [4.78, 5) is 47.2. The van der Waals surface area contributed by atoms with E-state index in [1.165, 1.54) is 74.3 Å². The van der Waals surface area contributed by atoms with Crippen LogP contribution in [0.3, 0.4) is 0 Å². The number of halogens is 4. The summed E-state index contributed by atoms with van der Waals surface area (Å²) in [6.07, 6.45) is 10.2. The number of nitrogen functional groups attached to an aromatic ring is 4. The quantitative estimate of drug-likeness (QED) is 0.0225. The van der Waals surface area contributed by atoms with Gasteiger partial charge >= 0.3 is 13.2 Å². The number of nitrogens with two attached hydrogens (primary N) is 4. The van der Waals surface area contributed by atoms with Gasteiger partial charge in [0.15, 0.2) is 40.5 Å². The second kappa shape index (κ2) is 38.4. The topological polar surface area (TPSA) is 437 Å². The standard InChI is InChI=1S/C21H27N9O.C20H20N8O.2C17H18F2N6O2/c22-19-26-20(24-16-4-6-17(7-5-16)28-12-14-31-15-13-28)27-30(19)21-23-9-8-18(25-21)29-10-2-1-3-11-29;21-19-26-20(25-16-9-5-4-6-14(16)10-11-29)27-28(19)18-12-17(22-13-23-18)24-15-7-2-1-3-8-15;2*1-10(2)26-12-7-6-11(9-13(12)27-15(18)19)22-17-23-16(20)25(24-17)14-5-3-4-8-21-14/h4-9H,1-3,10-15H2,(H3,22,24,26,27);1-9,12-13,29H,10-11H2,(H,22,23,24)(H3,21,25,26,27);2*3-10,15H,1-2H3,(H3,20,22,23,24). The molecule has 0 amide bonds. The number of anilines is 16. The number of benzene rings is 5. The fourth-order valence-electron chi connectivity index (χ4n) is 11.4. The van der Waals surface area contributed by atoms with E-state index in [1.54, 1.807) is 101 Å². The minimum absolute atomic E-state index is 0.0564. The van der Waals surface area contributed by atoms with Crippen LogP contribution in [0, 0.1) is 0 Å². The average molecular weight is 1560 g/mol. The van der Waals surface area contributed by atoms with Crippen molar-refractivity contribution < 1.29 is 46.4 Å². The van der Waals surface area contributed by atoms with Gasteiger partial charge in [-0.05, 0) is 156 Å². The molecule has 15 rings (SSSR count). The van der Waals surface area contributed by atoms with Gasteiger partial charge in [0.05, 0.1) is 25.4 Å². The van der Waals surface area contributed by atoms with E-state index in [0.29, 0.717) is 58.9 Å². The SMILES string of the molecule is CC(C)Oc1ccc(Nc2nc(N)n(-c3ccccn3)n2)cc1OC(F)F.CC(C)Oc1ccc(Nc2nc(N)n(-c3ccccn3)n2)cc1OC(F)F.Nc1nc(Nc2ccc(N3CCOCC3)cc2)nn1-c1nccc(N2CCCCC2)n1.Nc1nc(Nc2ccccc2CCO)nn1-c1cc(Nc2ccccc2)ncn1. The zero-order chi connectivity index (χ0) is 79.9. The number of para-hydroxylation sites is 2. The maximum absolute atomic E-state index is 12.7. The van der Waals surface area contributed by atoms with Gasteiger partial charge in [-0.1, -0.05) is 48.5 Å². The van der Waals surface area contributed by atoms with Gasteiger partial charge in [0.2, 0.25) is 47.6 Å². The van der Waals surface area contributed by atoms with Crippen LogP contribution in [0.1, 0.15) is 52.5 Å². The molecule has 0 atom stereocenters. The van der Waals surface area contributed by atoms with Crippen LogP contribution >= 0.6 is 0 Å². The Morgan fingerprint density at radius 3 is 1.45 bits per heavy atom. The van der Waals surface area contributed by atoms with Crippen LogP contribution in [0.5, 0.6) is 23.0 Å². The number of ether oxygens (including phenoxy) is 5. The van der Waals surface area contributed by atoms with Gasteiger partial charge in [0.1, 0.15) is 18.0 Å². The molecule has 2 aliphatic heterocycles. The molecule has 0 bridgehead atoms. The van der Waals surface area contributed by atoms with Crippen molar-refractivity contribution in [3.05, 3.63) is 194 Å². The van der Waals surface area contributed by atoms with E-state index < -0.39 is 13.2 Å². The smallest absolute Gasteiger partial charge is 0.387 e. The summed E-state index contributed by atoms with van der Waals surface area (Å²) in [5.41, 5.74) is 29.5. The van der Waals surface area contributed by atoms with Gasteiger partial charge in [0.25, 0.3) is 5.95 Å². The van der Waals surface area contributed by atoms with Crippen LogP contribution in [0.15, 0.2) is 189 Å². The molecule has 35 nitrogen and oxygen atoms in total. The van der Waals surface area contributed by atoms with Crippen molar-refractivity contribution in [3.63, 3.8) is 0 Å². The number of nitrogens with one attached hydrogen (secondary N) is 5. The monoisotopic (exact) mass is 1560 g/mol. The van der Waals surface area contributed by atoms with Crippen molar-refractivity contribution in [1.82, 2.24) is 89.0 Å². The number of nitrogens with zero attached hydrogens (tertiary/aromatic N) is 20. The Bertz CT molecular complexity index is 5040. The lowest BCUT2D eigenvalue weighted by atomic mass is 10.1. The van der Waals surface area contributed by atoms with Crippen LogP contribution in [0.4, 0.5) is 111 Å². The summed E-state index contributed by atoms with van der Waals surface area (Å²) in [6, 6.07) is 48.8. The molecule has 0 radical (unpaired) electrons. The van der Waals surface area contributed by atoms with Crippen molar-refractivity contribution in [3.8, 4) is 46.4 Å². The van der Waals surface area contributed by atoms with Gasteiger partial charge in [-0.2, -0.15) is 61.2 Å². The number of rotatable bonds is 26. The van der Waals surface area contributed by atoms with E-state index in [2.05, 4.69) is 128 Å². The Hall–Kier alpha value is -14.2.